The molecule has 1 atom stereocenters. The van der Waals surface area contributed by atoms with Crippen LogP contribution in [-0.4, -0.2) is 65.6 Å². The summed E-state index contributed by atoms with van der Waals surface area (Å²) in [6.45, 7) is 5.34. The maximum absolute atomic E-state index is 14.7. The summed E-state index contributed by atoms with van der Waals surface area (Å²) in [7, 11) is 0.0917. The number of nitrogens with zero attached hydrogens (tertiary/aromatic N) is 2. The second-order valence-electron chi connectivity index (χ2n) is 11.3. The normalized spacial score (nSPS) is 11.7. The van der Waals surface area contributed by atoms with Gasteiger partial charge in [0.15, 0.2) is 11.5 Å². The first-order valence-corrected chi connectivity index (χ1v) is 17.0. The molecule has 0 saturated heterocycles. The molecule has 0 aliphatic rings. The number of aryl methyl sites for hydroxylation is 2. The quantitative estimate of drug-likeness (QED) is 0.182. The number of sulfonamides is 1. The van der Waals surface area contributed by atoms with E-state index >= 15 is 0 Å². The minimum atomic E-state index is -4.34. The van der Waals surface area contributed by atoms with Crippen LogP contribution in [0.5, 0.6) is 17.2 Å². The Morgan fingerprint density at radius 1 is 0.771 bits per heavy atom. The van der Waals surface area contributed by atoms with Crippen LogP contribution in [-0.2, 0) is 32.6 Å². The summed E-state index contributed by atoms with van der Waals surface area (Å²) < 4.78 is 46.2. The molecule has 0 aliphatic heterocycles. The Labute approximate surface area is 283 Å². The lowest BCUT2D eigenvalue weighted by atomic mass is 10.0. The molecule has 4 aromatic carbocycles. The molecule has 0 spiro atoms. The van der Waals surface area contributed by atoms with Gasteiger partial charge in [0, 0.05) is 25.6 Å². The SMILES string of the molecule is CCNC(=O)[C@@H](Cc1ccccc1)N(Cc1cccc(OC)c1)C(=O)CN(c1cc(C)cc(C)c1)S(=O)(=O)c1ccc(OC)c(OC)c1. The van der Waals surface area contributed by atoms with Crippen LogP contribution in [0.1, 0.15) is 29.2 Å². The standard InChI is InChI=1S/C37H43N3O7S/c1-7-38-37(42)33(22-28-12-9-8-10-13-28)39(24-29-14-11-15-31(21-29)45-4)36(41)25-40(30-19-26(2)18-27(3)20-30)48(43,44)32-16-17-34(46-5)35(23-32)47-6/h8-21,23,33H,7,22,24-25H2,1-6H3,(H,38,42)/t33-/m1/s1. The van der Waals surface area contributed by atoms with Gasteiger partial charge in [-0.05, 0) is 79.4 Å². The first-order chi connectivity index (χ1) is 23.0. The number of carbonyl (C=O) groups excluding carboxylic acids is 2. The molecule has 4 aromatic rings. The lowest BCUT2D eigenvalue weighted by molar-refractivity contribution is -0.140. The highest BCUT2D eigenvalue weighted by Gasteiger charge is 2.35. The first kappa shape index (κ1) is 35.8. The van der Waals surface area contributed by atoms with Crippen LogP contribution in [0.25, 0.3) is 0 Å². The molecule has 0 unspecified atom stereocenters. The summed E-state index contributed by atoms with van der Waals surface area (Å²) in [5.74, 6) is 0.265. The molecular formula is C37H43N3O7S. The average Bonchev–Trinajstić information content (AvgIpc) is 3.08. The van der Waals surface area contributed by atoms with Gasteiger partial charge in [0.1, 0.15) is 18.3 Å². The van der Waals surface area contributed by atoms with Crippen LogP contribution in [0, 0.1) is 13.8 Å². The van der Waals surface area contributed by atoms with E-state index in [1.165, 1.54) is 37.3 Å². The molecule has 4 rings (SSSR count). The van der Waals surface area contributed by atoms with E-state index in [-0.39, 0.29) is 29.5 Å². The van der Waals surface area contributed by atoms with E-state index < -0.39 is 28.5 Å². The minimum Gasteiger partial charge on any atom is -0.497 e. The largest absolute Gasteiger partial charge is 0.497 e. The number of likely N-dealkylation sites (N-methyl/N-ethyl adjacent to an activating group) is 1. The van der Waals surface area contributed by atoms with E-state index in [1.54, 1.807) is 37.4 Å². The number of benzene rings is 4. The Kier molecular flexibility index (Phi) is 12.1. The monoisotopic (exact) mass is 673 g/mol. The molecule has 0 aliphatic carbocycles. The van der Waals surface area contributed by atoms with Gasteiger partial charge in [-0.2, -0.15) is 0 Å². The van der Waals surface area contributed by atoms with E-state index in [0.717, 1.165) is 21.0 Å². The predicted octanol–water partition coefficient (Wildman–Crippen LogP) is 5.30. The zero-order valence-electron chi connectivity index (χ0n) is 28.2. The molecular weight excluding hydrogens is 630 g/mol. The summed E-state index contributed by atoms with van der Waals surface area (Å²) in [6, 6.07) is 25.3. The molecule has 1 N–H and O–H groups in total. The Balaban J connectivity index is 1.85. The zero-order chi connectivity index (χ0) is 34.8. The maximum atomic E-state index is 14.7. The lowest BCUT2D eigenvalue weighted by Gasteiger charge is -2.34. The van der Waals surface area contributed by atoms with Crippen LogP contribution in [0.4, 0.5) is 5.69 Å². The highest BCUT2D eigenvalue weighted by atomic mass is 32.2. The number of rotatable bonds is 15. The van der Waals surface area contributed by atoms with Gasteiger partial charge in [0.25, 0.3) is 10.0 Å². The predicted molar refractivity (Wildman–Crippen MR) is 186 cm³/mol. The highest BCUT2D eigenvalue weighted by molar-refractivity contribution is 7.92. The van der Waals surface area contributed by atoms with E-state index in [9.17, 15) is 18.0 Å². The third-order valence-corrected chi connectivity index (χ3v) is 9.60. The van der Waals surface area contributed by atoms with E-state index in [1.807, 2.05) is 63.2 Å². The van der Waals surface area contributed by atoms with E-state index in [4.69, 9.17) is 14.2 Å². The van der Waals surface area contributed by atoms with Crippen molar-refractivity contribution in [3.63, 3.8) is 0 Å². The molecule has 0 radical (unpaired) electrons. The summed E-state index contributed by atoms with van der Waals surface area (Å²) in [5.41, 5.74) is 3.52. The number of nitrogens with one attached hydrogen (secondary N) is 1. The fourth-order valence-electron chi connectivity index (χ4n) is 5.54. The van der Waals surface area contributed by atoms with Crippen molar-refractivity contribution in [3.05, 3.63) is 113 Å². The summed E-state index contributed by atoms with van der Waals surface area (Å²) in [5, 5.41) is 2.87. The summed E-state index contributed by atoms with van der Waals surface area (Å²) in [6.07, 6.45) is 0.217. The minimum absolute atomic E-state index is 0.0295. The Morgan fingerprint density at radius 2 is 1.44 bits per heavy atom. The zero-order valence-corrected chi connectivity index (χ0v) is 29.0. The van der Waals surface area contributed by atoms with Crippen LogP contribution in [0.3, 0.4) is 0 Å². The van der Waals surface area contributed by atoms with E-state index in [2.05, 4.69) is 5.32 Å². The number of hydrogen-bond donors (Lipinski definition) is 1. The van der Waals surface area contributed by atoms with Crippen molar-refractivity contribution < 1.29 is 32.2 Å². The number of ether oxygens (including phenoxy) is 3. The smallest absolute Gasteiger partial charge is 0.264 e. The van der Waals surface area contributed by atoms with Gasteiger partial charge in [-0.25, -0.2) is 8.42 Å². The molecule has 11 heteroatoms. The summed E-state index contributed by atoms with van der Waals surface area (Å²) >= 11 is 0. The molecule has 0 fully saturated rings. The van der Waals surface area contributed by atoms with Crippen molar-refractivity contribution in [1.29, 1.82) is 0 Å². The van der Waals surface area contributed by atoms with Crippen molar-refractivity contribution in [3.8, 4) is 17.2 Å². The Bertz CT molecular complexity index is 1810. The van der Waals surface area contributed by atoms with Crippen LogP contribution in [0.2, 0.25) is 0 Å². The molecule has 254 valence electrons. The number of amides is 2. The molecule has 48 heavy (non-hydrogen) atoms. The number of methoxy groups -OCH3 is 3. The van der Waals surface area contributed by atoms with Gasteiger partial charge in [0.2, 0.25) is 11.8 Å². The van der Waals surface area contributed by atoms with Crippen LogP contribution < -0.4 is 23.8 Å². The van der Waals surface area contributed by atoms with Crippen LogP contribution >= 0.6 is 0 Å². The van der Waals surface area contributed by atoms with Crippen molar-refractivity contribution >= 4 is 27.5 Å². The van der Waals surface area contributed by atoms with Crippen molar-refractivity contribution in [1.82, 2.24) is 10.2 Å². The molecule has 0 saturated carbocycles. The average molecular weight is 674 g/mol. The fraction of sp³-hybridized carbons (Fsp3) is 0.297. The van der Waals surface area contributed by atoms with Gasteiger partial charge in [-0.1, -0.05) is 48.5 Å². The first-order valence-electron chi connectivity index (χ1n) is 15.6. The maximum Gasteiger partial charge on any atom is 0.264 e. The highest BCUT2D eigenvalue weighted by Crippen LogP contribution is 2.33. The van der Waals surface area contributed by atoms with Gasteiger partial charge in [-0.3, -0.25) is 13.9 Å². The fourth-order valence-corrected chi connectivity index (χ4v) is 6.95. The number of hydrogen-bond acceptors (Lipinski definition) is 7. The third kappa shape index (κ3) is 8.65. The van der Waals surface area contributed by atoms with Crippen molar-refractivity contribution in [2.45, 2.75) is 44.7 Å². The van der Waals surface area contributed by atoms with E-state index in [0.29, 0.717) is 29.3 Å². The summed E-state index contributed by atoms with van der Waals surface area (Å²) in [4.78, 5) is 29.7. The third-order valence-electron chi connectivity index (χ3n) is 7.83. The van der Waals surface area contributed by atoms with Gasteiger partial charge >= 0.3 is 0 Å². The second kappa shape index (κ2) is 16.2. The second-order valence-corrected chi connectivity index (χ2v) is 13.2. The molecule has 0 heterocycles. The van der Waals surface area contributed by atoms with Gasteiger partial charge in [0.05, 0.1) is 31.9 Å². The molecule has 10 nitrogen and oxygen atoms in total. The van der Waals surface area contributed by atoms with Crippen LogP contribution in [0.15, 0.2) is 95.9 Å². The van der Waals surface area contributed by atoms with Crippen molar-refractivity contribution in [2.75, 3.05) is 38.7 Å². The Morgan fingerprint density at radius 3 is 2.06 bits per heavy atom. The lowest BCUT2D eigenvalue weighted by Crippen LogP contribution is -2.53. The number of anilines is 1. The Hall–Kier alpha value is -5.03. The topological polar surface area (TPSA) is 114 Å². The molecule has 0 bridgehead atoms. The molecule has 0 aromatic heterocycles. The van der Waals surface area contributed by atoms with Crippen molar-refractivity contribution in [2.24, 2.45) is 0 Å². The van der Waals surface area contributed by atoms with Gasteiger partial charge in [-0.15, -0.1) is 0 Å². The number of carbonyl (C=O) groups is 2. The van der Waals surface area contributed by atoms with Gasteiger partial charge < -0.3 is 24.4 Å². The molecule has 2 amide bonds.